The van der Waals surface area contributed by atoms with Crippen LogP contribution in [0.5, 0.6) is 5.75 Å². The molecular formula is C16H22N2O3. The Bertz CT molecular complexity index is 512. The normalized spacial score (nSPS) is 27.8. The van der Waals surface area contributed by atoms with Crippen LogP contribution in [-0.4, -0.2) is 45.4 Å². The van der Waals surface area contributed by atoms with Crippen LogP contribution in [0, 0.1) is 5.41 Å². The molecule has 21 heavy (non-hydrogen) atoms. The maximum Gasteiger partial charge on any atom is 0.230 e. The smallest absolute Gasteiger partial charge is 0.230 e. The summed E-state index contributed by atoms with van der Waals surface area (Å²) in [6, 6.07) is 8.02. The summed E-state index contributed by atoms with van der Waals surface area (Å²) in [6.07, 6.45) is 1.63. The molecule has 0 radical (unpaired) electrons. The molecule has 2 aliphatic rings. The van der Waals surface area contributed by atoms with Crippen molar-refractivity contribution in [2.24, 2.45) is 5.41 Å². The van der Waals surface area contributed by atoms with Gasteiger partial charge in [0.25, 0.3) is 0 Å². The molecule has 0 bridgehead atoms. The first-order valence-corrected chi connectivity index (χ1v) is 7.45. The van der Waals surface area contributed by atoms with Gasteiger partial charge in [-0.2, -0.15) is 0 Å². The highest BCUT2D eigenvalue weighted by molar-refractivity contribution is 5.83. The SMILES string of the molecule is COCC1(C(=O)NC2COc3ccccc3C2)CCNC1. The van der Waals surface area contributed by atoms with E-state index >= 15 is 0 Å². The highest BCUT2D eigenvalue weighted by Crippen LogP contribution is 2.28. The van der Waals surface area contributed by atoms with Gasteiger partial charge in [-0.3, -0.25) is 4.79 Å². The summed E-state index contributed by atoms with van der Waals surface area (Å²) in [7, 11) is 1.65. The zero-order valence-corrected chi connectivity index (χ0v) is 12.4. The van der Waals surface area contributed by atoms with Crippen LogP contribution in [-0.2, 0) is 16.0 Å². The zero-order valence-electron chi connectivity index (χ0n) is 12.4. The number of rotatable bonds is 4. The number of fused-ring (bicyclic) bond motifs is 1. The van der Waals surface area contributed by atoms with Crippen molar-refractivity contribution in [3.05, 3.63) is 29.8 Å². The Labute approximate surface area is 125 Å². The third-order valence-electron chi connectivity index (χ3n) is 4.36. The Morgan fingerprint density at radius 2 is 2.38 bits per heavy atom. The summed E-state index contributed by atoms with van der Waals surface area (Å²) in [5, 5.41) is 6.40. The third kappa shape index (κ3) is 2.89. The molecule has 0 aliphatic carbocycles. The summed E-state index contributed by atoms with van der Waals surface area (Å²) in [5.74, 6) is 1.000. The number of benzene rings is 1. The van der Waals surface area contributed by atoms with E-state index in [0.29, 0.717) is 19.8 Å². The number of ether oxygens (including phenoxy) is 2. The Hall–Kier alpha value is -1.59. The first-order chi connectivity index (χ1) is 10.2. The van der Waals surface area contributed by atoms with Gasteiger partial charge in [0.15, 0.2) is 0 Å². The van der Waals surface area contributed by atoms with Gasteiger partial charge in [-0.15, -0.1) is 0 Å². The molecule has 2 aliphatic heterocycles. The Morgan fingerprint density at radius 1 is 1.52 bits per heavy atom. The highest BCUT2D eigenvalue weighted by atomic mass is 16.5. The lowest BCUT2D eigenvalue weighted by Crippen LogP contribution is -2.52. The molecule has 114 valence electrons. The summed E-state index contributed by atoms with van der Waals surface area (Å²) >= 11 is 0. The summed E-state index contributed by atoms with van der Waals surface area (Å²) in [6.45, 7) is 2.52. The second kappa shape index (κ2) is 6.03. The molecule has 1 fully saturated rings. The molecule has 1 aromatic carbocycles. The van der Waals surface area contributed by atoms with E-state index in [4.69, 9.17) is 9.47 Å². The minimum atomic E-state index is -0.439. The van der Waals surface area contributed by atoms with Gasteiger partial charge in [-0.25, -0.2) is 0 Å². The average molecular weight is 290 g/mol. The number of hydrogen-bond acceptors (Lipinski definition) is 4. The van der Waals surface area contributed by atoms with Crippen LogP contribution in [0.15, 0.2) is 24.3 Å². The first kappa shape index (κ1) is 14.4. The molecule has 0 aromatic heterocycles. The molecule has 1 aromatic rings. The maximum atomic E-state index is 12.7. The minimum Gasteiger partial charge on any atom is -0.491 e. The molecule has 5 nitrogen and oxygen atoms in total. The van der Waals surface area contributed by atoms with Crippen LogP contribution >= 0.6 is 0 Å². The van der Waals surface area contributed by atoms with E-state index in [1.807, 2.05) is 18.2 Å². The number of nitrogens with one attached hydrogen (secondary N) is 2. The Balaban J connectivity index is 1.65. The molecule has 2 unspecified atom stereocenters. The first-order valence-electron chi connectivity index (χ1n) is 7.45. The fraction of sp³-hybridized carbons (Fsp3) is 0.562. The molecule has 0 spiro atoms. The van der Waals surface area contributed by atoms with Gasteiger partial charge in [0.2, 0.25) is 5.91 Å². The van der Waals surface area contributed by atoms with E-state index in [1.54, 1.807) is 7.11 Å². The van der Waals surface area contributed by atoms with Crippen LogP contribution in [0.3, 0.4) is 0 Å². The van der Waals surface area contributed by atoms with Crippen molar-refractivity contribution in [1.82, 2.24) is 10.6 Å². The van der Waals surface area contributed by atoms with Gasteiger partial charge in [0, 0.05) is 13.7 Å². The van der Waals surface area contributed by atoms with Crippen LogP contribution in [0.4, 0.5) is 0 Å². The second-order valence-electron chi connectivity index (χ2n) is 5.93. The van der Waals surface area contributed by atoms with Gasteiger partial charge < -0.3 is 20.1 Å². The van der Waals surface area contributed by atoms with Crippen LogP contribution in [0.2, 0.25) is 0 Å². The third-order valence-corrected chi connectivity index (χ3v) is 4.36. The van der Waals surface area contributed by atoms with Gasteiger partial charge in [0.1, 0.15) is 12.4 Å². The minimum absolute atomic E-state index is 0.0294. The number of hydrogen-bond donors (Lipinski definition) is 2. The monoisotopic (exact) mass is 290 g/mol. The number of carbonyl (C=O) groups excluding carboxylic acids is 1. The van der Waals surface area contributed by atoms with Crippen molar-refractivity contribution in [3.63, 3.8) is 0 Å². The largest absolute Gasteiger partial charge is 0.491 e. The number of para-hydroxylation sites is 1. The van der Waals surface area contributed by atoms with E-state index in [0.717, 1.165) is 30.7 Å². The predicted octanol–water partition coefficient (Wildman–Crippen LogP) is 0.732. The number of methoxy groups -OCH3 is 1. The van der Waals surface area contributed by atoms with Crippen molar-refractivity contribution in [2.45, 2.75) is 18.9 Å². The summed E-state index contributed by atoms with van der Waals surface area (Å²) in [5.41, 5.74) is 0.713. The van der Waals surface area contributed by atoms with Crippen molar-refractivity contribution in [2.75, 3.05) is 33.4 Å². The van der Waals surface area contributed by atoms with Crippen molar-refractivity contribution in [1.29, 1.82) is 0 Å². The molecule has 5 heteroatoms. The lowest BCUT2D eigenvalue weighted by molar-refractivity contribution is -0.134. The molecule has 1 amide bonds. The molecule has 2 N–H and O–H groups in total. The van der Waals surface area contributed by atoms with Crippen molar-refractivity contribution >= 4 is 5.91 Å². The molecule has 1 saturated heterocycles. The Morgan fingerprint density at radius 3 is 3.14 bits per heavy atom. The van der Waals surface area contributed by atoms with E-state index in [-0.39, 0.29) is 11.9 Å². The number of carbonyl (C=O) groups is 1. The standard InChI is InChI=1S/C16H22N2O3/c1-20-11-16(6-7-17-10-16)15(19)18-13-8-12-4-2-3-5-14(12)21-9-13/h2-5,13,17H,6-11H2,1H3,(H,18,19). The van der Waals surface area contributed by atoms with Gasteiger partial charge in [-0.05, 0) is 31.0 Å². The van der Waals surface area contributed by atoms with Gasteiger partial charge in [0.05, 0.1) is 18.1 Å². The van der Waals surface area contributed by atoms with Crippen LogP contribution in [0.1, 0.15) is 12.0 Å². The summed E-state index contributed by atoms with van der Waals surface area (Å²) in [4.78, 5) is 12.7. The van der Waals surface area contributed by atoms with E-state index in [1.165, 1.54) is 0 Å². The molecule has 3 rings (SSSR count). The van der Waals surface area contributed by atoms with Crippen LogP contribution < -0.4 is 15.4 Å². The lowest BCUT2D eigenvalue weighted by atomic mass is 9.86. The number of amides is 1. The fourth-order valence-corrected chi connectivity index (χ4v) is 3.16. The van der Waals surface area contributed by atoms with Crippen LogP contribution in [0.25, 0.3) is 0 Å². The lowest BCUT2D eigenvalue weighted by Gasteiger charge is -2.31. The second-order valence-corrected chi connectivity index (χ2v) is 5.93. The fourth-order valence-electron chi connectivity index (χ4n) is 3.16. The van der Waals surface area contributed by atoms with Crippen molar-refractivity contribution in [3.8, 4) is 5.75 Å². The van der Waals surface area contributed by atoms with E-state index in [9.17, 15) is 4.79 Å². The molecule has 2 atom stereocenters. The van der Waals surface area contributed by atoms with Gasteiger partial charge >= 0.3 is 0 Å². The predicted molar refractivity (Wildman–Crippen MR) is 79.4 cm³/mol. The van der Waals surface area contributed by atoms with E-state index < -0.39 is 5.41 Å². The zero-order chi connectivity index (χ0) is 14.7. The summed E-state index contributed by atoms with van der Waals surface area (Å²) < 4.78 is 11.0. The molecule has 2 heterocycles. The Kier molecular flexibility index (Phi) is 4.12. The quantitative estimate of drug-likeness (QED) is 0.858. The van der Waals surface area contributed by atoms with E-state index in [2.05, 4.69) is 16.7 Å². The highest BCUT2D eigenvalue weighted by Gasteiger charge is 2.42. The van der Waals surface area contributed by atoms with Crippen molar-refractivity contribution < 1.29 is 14.3 Å². The van der Waals surface area contributed by atoms with Gasteiger partial charge in [-0.1, -0.05) is 18.2 Å². The average Bonchev–Trinajstić information content (AvgIpc) is 2.97. The molecule has 0 saturated carbocycles. The maximum absolute atomic E-state index is 12.7. The molecular weight excluding hydrogens is 268 g/mol. The topological polar surface area (TPSA) is 59.6 Å².